The van der Waals surface area contributed by atoms with Gasteiger partial charge in [-0.25, -0.2) is 0 Å². The van der Waals surface area contributed by atoms with Crippen LogP contribution in [0.2, 0.25) is 0 Å². The number of unbranched alkanes of at least 4 members (excludes halogenated alkanes) is 35. The van der Waals surface area contributed by atoms with E-state index in [4.69, 9.17) is 9.47 Å². The minimum absolute atomic E-state index is 0.173. The van der Waals surface area contributed by atoms with Gasteiger partial charge in [0.25, 0.3) is 0 Å². The molecule has 0 aliphatic carbocycles. The van der Waals surface area contributed by atoms with Crippen molar-refractivity contribution in [3.8, 4) is 0 Å². The molecule has 0 aromatic heterocycles. The lowest BCUT2D eigenvalue weighted by Crippen LogP contribution is -2.60. The van der Waals surface area contributed by atoms with Crippen LogP contribution < -0.4 is 5.32 Å². The molecule has 1 aliphatic rings. The zero-order valence-electron chi connectivity index (χ0n) is 39.9. The normalized spacial score (nSPS) is 20.4. The van der Waals surface area contributed by atoms with Gasteiger partial charge in [-0.15, -0.1) is 0 Å². The Balaban J connectivity index is 2.13. The summed E-state index contributed by atoms with van der Waals surface area (Å²) in [6.07, 6.45) is 44.4. The first-order chi connectivity index (χ1) is 29.8. The van der Waals surface area contributed by atoms with Crippen LogP contribution in [0.3, 0.4) is 0 Å². The largest absolute Gasteiger partial charge is 0.394 e. The van der Waals surface area contributed by atoms with Gasteiger partial charge in [0.15, 0.2) is 6.29 Å². The Morgan fingerprint density at radius 1 is 0.541 bits per heavy atom. The Morgan fingerprint density at radius 2 is 0.902 bits per heavy atom. The van der Waals surface area contributed by atoms with Gasteiger partial charge in [0, 0.05) is 6.42 Å². The zero-order valence-corrected chi connectivity index (χ0v) is 39.9. The van der Waals surface area contributed by atoms with E-state index in [9.17, 15) is 30.3 Å². The number of amides is 1. The fraction of sp³-hybridized carbons (Fsp3) is 0.942. The van der Waals surface area contributed by atoms with Gasteiger partial charge in [-0.05, 0) is 19.3 Å². The van der Waals surface area contributed by atoms with Crippen LogP contribution in [0.15, 0.2) is 12.2 Å². The van der Waals surface area contributed by atoms with E-state index in [0.29, 0.717) is 6.42 Å². The number of ether oxygens (including phenoxy) is 2. The predicted molar refractivity (Wildman–Crippen MR) is 254 cm³/mol. The molecule has 1 saturated heterocycles. The smallest absolute Gasteiger partial charge is 0.220 e. The lowest BCUT2D eigenvalue weighted by Gasteiger charge is -2.40. The van der Waals surface area contributed by atoms with Crippen LogP contribution in [0.4, 0.5) is 0 Å². The van der Waals surface area contributed by atoms with Crippen LogP contribution in [0.5, 0.6) is 0 Å². The lowest BCUT2D eigenvalue weighted by atomic mass is 9.99. The van der Waals surface area contributed by atoms with Crippen LogP contribution in [0.1, 0.15) is 258 Å². The average Bonchev–Trinajstić information content (AvgIpc) is 3.26. The van der Waals surface area contributed by atoms with Crippen molar-refractivity contribution >= 4 is 5.91 Å². The van der Waals surface area contributed by atoms with E-state index in [1.54, 1.807) is 6.08 Å². The van der Waals surface area contributed by atoms with Crippen molar-refractivity contribution in [3.05, 3.63) is 12.2 Å². The third-order valence-electron chi connectivity index (χ3n) is 12.9. The first-order valence-electron chi connectivity index (χ1n) is 26.4. The molecule has 6 N–H and O–H groups in total. The molecule has 0 bridgehead atoms. The van der Waals surface area contributed by atoms with Crippen LogP contribution in [-0.2, 0) is 14.3 Å². The monoisotopic (exact) mass is 868 g/mol. The van der Waals surface area contributed by atoms with E-state index < -0.39 is 49.5 Å². The summed E-state index contributed by atoms with van der Waals surface area (Å²) in [5.41, 5.74) is 0. The highest BCUT2D eigenvalue weighted by molar-refractivity contribution is 5.76. The Morgan fingerprint density at radius 3 is 1.28 bits per heavy atom. The fourth-order valence-electron chi connectivity index (χ4n) is 8.63. The molecule has 9 heteroatoms. The molecule has 0 spiro atoms. The summed E-state index contributed by atoms with van der Waals surface area (Å²) in [4.78, 5) is 13.0. The minimum Gasteiger partial charge on any atom is -0.394 e. The number of carbonyl (C=O) groups excluding carboxylic acids is 1. The number of aliphatic hydroxyl groups excluding tert-OH is 5. The summed E-state index contributed by atoms with van der Waals surface area (Å²) in [5, 5.41) is 54.2. The van der Waals surface area contributed by atoms with Crippen molar-refractivity contribution in [2.75, 3.05) is 13.2 Å². The van der Waals surface area contributed by atoms with Crippen molar-refractivity contribution in [1.82, 2.24) is 5.32 Å². The number of nitrogens with one attached hydrogen (secondary N) is 1. The third-order valence-corrected chi connectivity index (χ3v) is 12.9. The predicted octanol–water partition coefficient (Wildman–Crippen LogP) is 12.1. The second-order valence-corrected chi connectivity index (χ2v) is 18.7. The maximum atomic E-state index is 13.0. The highest BCUT2D eigenvalue weighted by atomic mass is 16.7. The molecule has 0 saturated carbocycles. The molecule has 1 amide bonds. The third kappa shape index (κ3) is 33.1. The van der Waals surface area contributed by atoms with Crippen molar-refractivity contribution in [2.24, 2.45) is 0 Å². The number of aliphatic hydroxyl groups is 5. The molecule has 1 heterocycles. The maximum Gasteiger partial charge on any atom is 0.220 e. The molecule has 2 unspecified atom stereocenters. The van der Waals surface area contributed by atoms with Gasteiger partial charge in [-0.3, -0.25) is 4.79 Å². The molecule has 61 heavy (non-hydrogen) atoms. The highest BCUT2D eigenvalue weighted by Gasteiger charge is 2.44. The number of hydrogen-bond acceptors (Lipinski definition) is 8. The first-order valence-corrected chi connectivity index (χ1v) is 26.4. The summed E-state index contributed by atoms with van der Waals surface area (Å²) in [6.45, 7) is 3.77. The summed E-state index contributed by atoms with van der Waals surface area (Å²) >= 11 is 0. The summed E-state index contributed by atoms with van der Waals surface area (Å²) in [6, 6.07) is -0.798. The van der Waals surface area contributed by atoms with E-state index in [-0.39, 0.29) is 12.5 Å². The van der Waals surface area contributed by atoms with E-state index in [1.165, 1.54) is 199 Å². The summed E-state index contributed by atoms with van der Waals surface area (Å²) < 4.78 is 11.2. The van der Waals surface area contributed by atoms with Crippen LogP contribution >= 0.6 is 0 Å². The Labute approximate surface area is 376 Å². The van der Waals surface area contributed by atoms with Gasteiger partial charge >= 0.3 is 0 Å². The van der Waals surface area contributed by atoms with E-state index >= 15 is 0 Å². The van der Waals surface area contributed by atoms with Crippen LogP contribution in [0, 0.1) is 0 Å². The van der Waals surface area contributed by atoms with Gasteiger partial charge < -0.3 is 40.3 Å². The highest BCUT2D eigenvalue weighted by Crippen LogP contribution is 2.23. The van der Waals surface area contributed by atoms with Gasteiger partial charge in [0.05, 0.1) is 25.4 Å². The van der Waals surface area contributed by atoms with Gasteiger partial charge in [0.2, 0.25) is 5.91 Å². The van der Waals surface area contributed by atoms with E-state index in [2.05, 4.69) is 19.2 Å². The second kappa shape index (κ2) is 42.9. The standard InChI is InChI=1S/C52H101NO8/c1-3-5-7-9-11-13-15-16-17-18-19-20-21-22-23-24-25-26-27-28-29-30-31-32-34-36-38-40-42-48(56)53-45(44-60-52-51(59)50(58)49(57)47(43-54)61-52)46(55)41-39-37-35-33-14-12-10-8-6-4-2/h39,41,45-47,49-52,54-55,57-59H,3-38,40,42-44H2,1-2H3,(H,53,56)/b41-39+/t45-,46+,47+,49-,50?,51?,52+/m0/s1. The van der Waals surface area contributed by atoms with Gasteiger partial charge in [-0.1, -0.05) is 244 Å². The molecule has 0 aromatic rings. The van der Waals surface area contributed by atoms with Crippen LogP contribution in [-0.4, -0.2) is 87.5 Å². The van der Waals surface area contributed by atoms with Crippen molar-refractivity contribution in [2.45, 2.75) is 301 Å². The molecule has 1 rings (SSSR count). The average molecular weight is 868 g/mol. The SMILES string of the molecule is CCCCCCCCCC/C=C/[C@@H](O)[C@H](CO[C@@H]1O[C@H](CO)[C@H](O)C(O)C1O)NC(=O)CCCCCCCCCCCCCCCCCCCCCCCCCCCCCC. The maximum absolute atomic E-state index is 13.0. The molecule has 362 valence electrons. The first kappa shape index (κ1) is 57.9. The Bertz CT molecular complexity index is 966. The van der Waals surface area contributed by atoms with E-state index in [1.807, 2.05) is 6.08 Å². The molecular formula is C52H101NO8. The van der Waals surface area contributed by atoms with Crippen molar-refractivity contribution < 1.29 is 39.8 Å². The van der Waals surface area contributed by atoms with Crippen molar-refractivity contribution in [1.29, 1.82) is 0 Å². The minimum atomic E-state index is -1.56. The fourth-order valence-corrected chi connectivity index (χ4v) is 8.63. The number of carbonyl (C=O) groups is 1. The molecule has 7 atom stereocenters. The van der Waals surface area contributed by atoms with Gasteiger partial charge in [-0.2, -0.15) is 0 Å². The van der Waals surface area contributed by atoms with Gasteiger partial charge in [0.1, 0.15) is 24.4 Å². The van der Waals surface area contributed by atoms with E-state index in [0.717, 1.165) is 38.5 Å². The Hall–Kier alpha value is -1.07. The zero-order chi connectivity index (χ0) is 44.4. The molecular weight excluding hydrogens is 767 g/mol. The molecule has 0 aromatic carbocycles. The quantitative estimate of drug-likeness (QED) is 0.0262. The lowest BCUT2D eigenvalue weighted by molar-refractivity contribution is -0.302. The number of hydrogen-bond donors (Lipinski definition) is 6. The molecule has 1 aliphatic heterocycles. The molecule has 1 fully saturated rings. The Kier molecular flexibility index (Phi) is 40.7. The molecule has 0 radical (unpaired) electrons. The van der Waals surface area contributed by atoms with Crippen molar-refractivity contribution in [3.63, 3.8) is 0 Å². The van der Waals surface area contributed by atoms with Crippen LogP contribution in [0.25, 0.3) is 0 Å². The summed E-state index contributed by atoms with van der Waals surface area (Å²) in [5.74, 6) is -0.173. The topological polar surface area (TPSA) is 149 Å². The second-order valence-electron chi connectivity index (χ2n) is 18.7. The summed E-state index contributed by atoms with van der Waals surface area (Å²) in [7, 11) is 0. The number of allylic oxidation sites excluding steroid dienone is 1. The number of rotatable bonds is 45. The molecule has 9 nitrogen and oxygen atoms in total.